The van der Waals surface area contributed by atoms with Crippen LogP contribution in [0.15, 0.2) is 0 Å². The summed E-state index contributed by atoms with van der Waals surface area (Å²) in [6.07, 6.45) is 8.72. The van der Waals surface area contributed by atoms with E-state index in [4.69, 9.17) is 4.74 Å². The van der Waals surface area contributed by atoms with Gasteiger partial charge < -0.3 is 10.1 Å². The smallest absolute Gasteiger partial charge is 0.0587 e. The average Bonchev–Trinajstić information content (AvgIpc) is 2.52. The molecule has 1 unspecified atom stereocenters. The number of methoxy groups -OCH3 is 1. The van der Waals surface area contributed by atoms with Crippen LogP contribution in [-0.2, 0) is 4.74 Å². The molecule has 2 nitrogen and oxygen atoms in total. The van der Waals surface area contributed by atoms with Crippen LogP contribution in [0.25, 0.3) is 0 Å². The highest BCUT2D eigenvalue weighted by molar-refractivity contribution is 4.71. The van der Waals surface area contributed by atoms with E-state index in [-0.39, 0.29) is 0 Å². The summed E-state index contributed by atoms with van der Waals surface area (Å²) in [7, 11) is 1.76. The molecule has 0 spiro atoms. The van der Waals surface area contributed by atoms with E-state index < -0.39 is 0 Å². The lowest BCUT2D eigenvalue weighted by Crippen LogP contribution is -2.28. The maximum Gasteiger partial charge on any atom is 0.0587 e. The van der Waals surface area contributed by atoms with E-state index in [1.54, 1.807) is 7.11 Å². The molecule has 1 rings (SSSR count). The molecule has 0 saturated heterocycles. The molecule has 0 radical (unpaired) electrons. The Morgan fingerprint density at radius 3 is 2.47 bits per heavy atom. The second-order valence-corrected chi connectivity index (χ2v) is 4.93. The van der Waals surface area contributed by atoms with Gasteiger partial charge in [-0.2, -0.15) is 0 Å². The molecule has 1 aliphatic rings. The molecule has 0 aromatic rings. The summed E-state index contributed by atoms with van der Waals surface area (Å²) in [6.45, 7) is 5.38. The van der Waals surface area contributed by atoms with Crippen molar-refractivity contribution in [2.24, 2.45) is 11.8 Å². The van der Waals surface area contributed by atoms with Crippen LogP contribution < -0.4 is 5.32 Å². The molecule has 15 heavy (non-hydrogen) atoms. The van der Waals surface area contributed by atoms with Crippen LogP contribution in [-0.4, -0.2) is 26.8 Å². The number of hydrogen-bond donors (Lipinski definition) is 1. The Balaban J connectivity index is 2.11. The molecule has 1 N–H and O–H groups in total. The summed E-state index contributed by atoms with van der Waals surface area (Å²) < 4.78 is 5.03. The van der Waals surface area contributed by atoms with Crippen LogP contribution in [0.1, 0.15) is 45.4 Å². The molecule has 0 aromatic heterocycles. The SMILES string of the molecule is COCCNCC(C)C1CCCCCC1. The molecular weight excluding hydrogens is 186 g/mol. The van der Waals surface area contributed by atoms with Crippen molar-refractivity contribution < 1.29 is 4.74 Å². The summed E-state index contributed by atoms with van der Waals surface area (Å²) in [5.41, 5.74) is 0. The summed E-state index contributed by atoms with van der Waals surface area (Å²) in [5.74, 6) is 1.79. The van der Waals surface area contributed by atoms with E-state index in [1.165, 1.54) is 38.5 Å². The Morgan fingerprint density at radius 1 is 1.20 bits per heavy atom. The monoisotopic (exact) mass is 213 g/mol. The summed E-state index contributed by atoms with van der Waals surface area (Å²) in [4.78, 5) is 0. The van der Waals surface area contributed by atoms with Gasteiger partial charge in [-0.1, -0.05) is 45.4 Å². The molecule has 0 aliphatic heterocycles. The first kappa shape index (κ1) is 13.0. The van der Waals surface area contributed by atoms with Crippen LogP contribution >= 0.6 is 0 Å². The second-order valence-electron chi connectivity index (χ2n) is 4.93. The van der Waals surface area contributed by atoms with Crippen LogP contribution in [0.3, 0.4) is 0 Å². The third-order valence-electron chi connectivity index (χ3n) is 3.65. The van der Waals surface area contributed by atoms with Crippen LogP contribution in [0.5, 0.6) is 0 Å². The highest BCUT2D eigenvalue weighted by Gasteiger charge is 2.18. The van der Waals surface area contributed by atoms with Crippen molar-refractivity contribution in [3.8, 4) is 0 Å². The van der Waals surface area contributed by atoms with Gasteiger partial charge in [-0.15, -0.1) is 0 Å². The fraction of sp³-hybridized carbons (Fsp3) is 1.00. The number of ether oxygens (including phenoxy) is 1. The Morgan fingerprint density at radius 2 is 1.87 bits per heavy atom. The maximum atomic E-state index is 5.03. The molecule has 90 valence electrons. The van der Waals surface area contributed by atoms with Crippen molar-refractivity contribution in [2.45, 2.75) is 45.4 Å². The second kappa shape index (κ2) is 8.12. The topological polar surface area (TPSA) is 21.3 Å². The first-order valence-corrected chi connectivity index (χ1v) is 6.54. The quantitative estimate of drug-likeness (QED) is 0.541. The van der Waals surface area contributed by atoms with E-state index in [1.807, 2.05) is 0 Å². The standard InChI is InChI=1S/C13H27NO/c1-12(11-14-9-10-15-2)13-7-5-3-4-6-8-13/h12-14H,3-11H2,1-2H3. The highest BCUT2D eigenvalue weighted by Crippen LogP contribution is 2.28. The Labute approximate surface area is 94.8 Å². The van der Waals surface area contributed by atoms with Gasteiger partial charge in [-0.25, -0.2) is 0 Å². The summed E-state index contributed by atoms with van der Waals surface area (Å²) >= 11 is 0. The molecule has 0 aromatic carbocycles. The number of hydrogen-bond acceptors (Lipinski definition) is 2. The molecule has 2 heteroatoms. The first-order chi connectivity index (χ1) is 7.34. The zero-order chi connectivity index (χ0) is 10.9. The van der Waals surface area contributed by atoms with Crippen LogP contribution in [0.2, 0.25) is 0 Å². The van der Waals surface area contributed by atoms with Crippen LogP contribution in [0.4, 0.5) is 0 Å². The largest absolute Gasteiger partial charge is 0.383 e. The lowest BCUT2D eigenvalue weighted by molar-refractivity contribution is 0.195. The molecule has 1 saturated carbocycles. The number of rotatable bonds is 6. The summed E-state index contributed by atoms with van der Waals surface area (Å²) in [5, 5.41) is 3.48. The Hall–Kier alpha value is -0.0800. The Bertz CT molecular complexity index is 141. The fourth-order valence-corrected chi connectivity index (χ4v) is 2.55. The molecular formula is C13H27NO. The fourth-order valence-electron chi connectivity index (χ4n) is 2.55. The molecule has 1 atom stereocenters. The van der Waals surface area contributed by atoms with Gasteiger partial charge in [-0.3, -0.25) is 0 Å². The lowest BCUT2D eigenvalue weighted by Gasteiger charge is -2.22. The third kappa shape index (κ3) is 5.53. The van der Waals surface area contributed by atoms with Gasteiger partial charge in [0.05, 0.1) is 6.61 Å². The normalized spacial score (nSPS) is 21.2. The van der Waals surface area contributed by atoms with Crippen molar-refractivity contribution >= 4 is 0 Å². The van der Waals surface area contributed by atoms with Gasteiger partial charge in [0, 0.05) is 13.7 Å². The predicted molar refractivity (Wildman–Crippen MR) is 65.1 cm³/mol. The van der Waals surface area contributed by atoms with Gasteiger partial charge >= 0.3 is 0 Å². The van der Waals surface area contributed by atoms with Crippen molar-refractivity contribution in [2.75, 3.05) is 26.8 Å². The average molecular weight is 213 g/mol. The zero-order valence-electron chi connectivity index (χ0n) is 10.4. The summed E-state index contributed by atoms with van der Waals surface area (Å²) in [6, 6.07) is 0. The lowest BCUT2D eigenvalue weighted by atomic mass is 9.87. The zero-order valence-corrected chi connectivity index (χ0v) is 10.4. The van der Waals surface area contributed by atoms with Crippen molar-refractivity contribution in [3.05, 3.63) is 0 Å². The van der Waals surface area contributed by atoms with Gasteiger partial charge in [-0.05, 0) is 18.4 Å². The van der Waals surface area contributed by atoms with E-state index in [9.17, 15) is 0 Å². The van der Waals surface area contributed by atoms with Crippen molar-refractivity contribution in [1.82, 2.24) is 5.32 Å². The van der Waals surface area contributed by atoms with E-state index in [0.717, 1.165) is 31.5 Å². The molecule has 0 heterocycles. The number of nitrogens with one attached hydrogen (secondary N) is 1. The molecule has 1 aliphatic carbocycles. The van der Waals surface area contributed by atoms with Crippen molar-refractivity contribution in [1.29, 1.82) is 0 Å². The minimum Gasteiger partial charge on any atom is -0.383 e. The Kier molecular flexibility index (Phi) is 7.03. The van der Waals surface area contributed by atoms with Crippen LogP contribution in [0, 0.1) is 11.8 Å². The third-order valence-corrected chi connectivity index (χ3v) is 3.65. The molecule has 0 amide bonds. The minimum absolute atomic E-state index is 0.831. The predicted octanol–water partition coefficient (Wildman–Crippen LogP) is 2.83. The van der Waals surface area contributed by atoms with Crippen molar-refractivity contribution in [3.63, 3.8) is 0 Å². The van der Waals surface area contributed by atoms with E-state index >= 15 is 0 Å². The van der Waals surface area contributed by atoms with Gasteiger partial charge in [0.1, 0.15) is 0 Å². The minimum atomic E-state index is 0.831. The first-order valence-electron chi connectivity index (χ1n) is 6.54. The van der Waals surface area contributed by atoms with Gasteiger partial charge in [0.25, 0.3) is 0 Å². The maximum absolute atomic E-state index is 5.03. The molecule has 1 fully saturated rings. The van der Waals surface area contributed by atoms with E-state index in [0.29, 0.717) is 0 Å². The molecule has 0 bridgehead atoms. The van der Waals surface area contributed by atoms with Gasteiger partial charge in [0.2, 0.25) is 0 Å². The van der Waals surface area contributed by atoms with E-state index in [2.05, 4.69) is 12.2 Å². The highest BCUT2D eigenvalue weighted by atomic mass is 16.5. The van der Waals surface area contributed by atoms with Gasteiger partial charge in [0.15, 0.2) is 0 Å².